The average molecular weight is 294 g/mol. The van der Waals surface area contributed by atoms with E-state index >= 15 is 0 Å². The van der Waals surface area contributed by atoms with Gasteiger partial charge >= 0.3 is 6.18 Å². The Kier molecular flexibility index (Phi) is 4.57. The number of hydrogen-bond donors (Lipinski definition) is 1. The molecule has 0 atom stereocenters. The van der Waals surface area contributed by atoms with Crippen LogP contribution in [-0.2, 0) is 23.9 Å². The molecule has 0 aliphatic carbocycles. The van der Waals surface area contributed by atoms with E-state index in [2.05, 4.69) is 10.3 Å². The van der Waals surface area contributed by atoms with Gasteiger partial charge in [0.25, 0.3) is 0 Å². The number of nitrogens with zero attached hydrogens (tertiary/aromatic N) is 1. The smallest absolute Gasteiger partial charge is 0.352 e. The van der Waals surface area contributed by atoms with Crippen molar-refractivity contribution in [2.45, 2.75) is 19.1 Å². The van der Waals surface area contributed by atoms with Crippen LogP contribution in [0.4, 0.5) is 13.2 Å². The molecule has 0 aliphatic heterocycles. The van der Waals surface area contributed by atoms with E-state index in [-0.39, 0.29) is 12.3 Å². The van der Waals surface area contributed by atoms with Gasteiger partial charge in [0.2, 0.25) is 5.91 Å². The first-order valence-corrected chi connectivity index (χ1v) is 6.27. The van der Waals surface area contributed by atoms with Crippen molar-refractivity contribution in [3.05, 3.63) is 65.5 Å². The molecule has 3 nitrogen and oxygen atoms in total. The maximum atomic E-state index is 12.6. The average Bonchev–Trinajstić information content (AvgIpc) is 2.46. The van der Waals surface area contributed by atoms with Crippen molar-refractivity contribution in [3.8, 4) is 0 Å². The Hall–Kier alpha value is -2.37. The molecule has 2 rings (SSSR count). The summed E-state index contributed by atoms with van der Waals surface area (Å²) in [5.74, 6) is -0.328. The van der Waals surface area contributed by atoms with Crippen LogP contribution in [0.1, 0.15) is 16.7 Å². The highest BCUT2D eigenvalue weighted by atomic mass is 19.4. The van der Waals surface area contributed by atoms with E-state index in [4.69, 9.17) is 0 Å². The number of pyridine rings is 1. The van der Waals surface area contributed by atoms with E-state index in [1.165, 1.54) is 12.1 Å². The zero-order valence-corrected chi connectivity index (χ0v) is 11.0. The summed E-state index contributed by atoms with van der Waals surface area (Å²) >= 11 is 0. The fraction of sp³-hybridized carbons (Fsp3) is 0.200. The van der Waals surface area contributed by atoms with Gasteiger partial charge < -0.3 is 5.32 Å². The molecule has 6 heteroatoms. The minimum absolute atomic E-state index is 0.0883. The minimum Gasteiger partial charge on any atom is -0.352 e. The lowest BCUT2D eigenvalue weighted by Crippen LogP contribution is -2.24. The van der Waals surface area contributed by atoms with Gasteiger partial charge in [0.05, 0.1) is 12.0 Å². The predicted molar refractivity (Wildman–Crippen MR) is 71.2 cm³/mol. The molecule has 0 bridgehead atoms. The highest BCUT2D eigenvalue weighted by Gasteiger charge is 2.30. The lowest BCUT2D eigenvalue weighted by Gasteiger charge is -2.09. The highest BCUT2D eigenvalue weighted by molar-refractivity contribution is 5.78. The zero-order chi connectivity index (χ0) is 15.3. The molecule has 0 aliphatic rings. The van der Waals surface area contributed by atoms with Crippen molar-refractivity contribution in [2.24, 2.45) is 0 Å². The fourth-order valence-electron chi connectivity index (χ4n) is 1.81. The topological polar surface area (TPSA) is 42.0 Å². The number of rotatable bonds is 4. The molecule has 2 aromatic rings. The largest absolute Gasteiger partial charge is 0.416 e. The molecule has 1 N–H and O–H groups in total. The van der Waals surface area contributed by atoms with Crippen molar-refractivity contribution in [1.82, 2.24) is 10.3 Å². The molecule has 1 heterocycles. The SMILES string of the molecule is O=C(Cc1cccc(C(F)(F)F)c1)NCc1ccncc1. The summed E-state index contributed by atoms with van der Waals surface area (Å²) in [5, 5.41) is 2.66. The number of aromatic nitrogens is 1. The maximum Gasteiger partial charge on any atom is 0.416 e. The quantitative estimate of drug-likeness (QED) is 0.942. The molecule has 0 fully saturated rings. The molecule has 110 valence electrons. The number of hydrogen-bond acceptors (Lipinski definition) is 2. The monoisotopic (exact) mass is 294 g/mol. The Morgan fingerprint density at radius 1 is 1.10 bits per heavy atom. The van der Waals surface area contributed by atoms with E-state index in [0.29, 0.717) is 12.1 Å². The molecule has 1 aromatic carbocycles. The number of alkyl halides is 3. The first-order chi connectivity index (χ1) is 9.95. The summed E-state index contributed by atoms with van der Waals surface area (Å²) in [6, 6.07) is 8.29. The Morgan fingerprint density at radius 3 is 2.48 bits per heavy atom. The van der Waals surface area contributed by atoms with Crippen molar-refractivity contribution < 1.29 is 18.0 Å². The van der Waals surface area contributed by atoms with Gasteiger partial charge in [-0.05, 0) is 29.3 Å². The molecule has 0 unspecified atom stereocenters. The van der Waals surface area contributed by atoms with Crippen LogP contribution in [0.25, 0.3) is 0 Å². The Bertz CT molecular complexity index is 612. The predicted octanol–water partition coefficient (Wildman–Crippen LogP) is 2.96. The zero-order valence-electron chi connectivity index (χ0n) is 11.0. The van der Waals surface area contributed by atoms with E-state index in [9.17, 15) is 18.0 Å². The number of carbonyl (C=O) groups is 1. The maximum absolute atomic E-state index is 12.6. The number of nitrogens with one attached hydrogen (secondary N) is 1. The minimum atomic E-state index is -4.40. The highest BCUT2D eigenvalue weighted by Crippen LogP contribution is 2.29. The Balaban J connectivity index is 1.94. The van der Waals surface area contributed by atoms with Crippen molar-refractivity contribution in [2.75, 3.05) is 0 Å². The first-order valence-electron chi connectivity index (χ1n) is 6.27. The molecule has 0 saturated carbocycles. The van der Waals surface area contributed by atoms with Gasteiger partial charge in [0.15, 0.2) is 0 Å². The summed E-state index contributed by atoms with van der Waals surface area (Å²) in [5.41, 5.74) is 0.460. The number of halogens is 3. The first kappa shape index (κ1) is 15.0. The standard InChI is InChI=1S/C15H13F3N2O/c16-15(17,18)13-3-1-2-12(8-13)9-14(21)20-10-11-4-6-19-7-5-11/h1-8H,9-10H2,(H,20,21). The molecule has 0 spiro atoms. The van der Waals surface area contributed by atoms with Gasteiger partial charge in [0.1, 0.15) is 0 Å². The Morgan fingerprint density at radius 2 is 1.81 bits per heavy atom. The van der Waals surface area contributed by atoms with Crippen molar-refractivity contribution >= 4 is 5.91 Å². The fourth-order valence-corrected chi connectivity index (χ4v) is 1.81. The van der Waals surface area contributed by atoms with Crippen LogP contribution in [0.5, 0.6) is 0 Å². The van der Waals surface area contributed by atoms with Gasteiger partial charge in [0, 0.05) is 18.9 Å². The van der Waals surface area contributed by atoms with Gasteiger partial charge in [-0.15, -0.1) is 0 Å². The molecule has 1 aromatic heterocycles. The Labute approximate surface area is 119 Å². The summed E-state index contributed by atoms with van der Waals surface area (Å²) in [6.07, 6.45) is -1.28. The van der Waals surface area contributed by atoms with Crippen molar-refractivity contribution in [1.29, 1.82) is 0 Å². The van der Waals surface area contributed by atoms with Crippen LogP contribution in [0.2, 0.25) is 0 Å². The number of benzene rings is 1. The van der Waals surface area contributed by atoms with Crippen LogP contribution in [0.15, 0.2) is 48.8 Å². The summed E-state index contributed by atoms with van der Waals surface area (Å²) in [4.78, 5) is 15.6. The van der Waals surface area contributed by atoms with Crippen LogP contribution in [0, 0.1) is 0 Å². The van der Waals surface area contributed by atoms with Crippen LogP contribution in [0.3, 0.4) is 0 Å². The molecule has 21 heavy (non-hydrogen) atoms. The molecular weight excluding hydrogens is 281 g/mol. The molecule has 0 radical (unpaired) electrons. The van der Waals surface area contributed by atoms with Crippen LogP contribution >= 0.6 is 0 Å². The lowest BCUT2D eigenvalue weighted by atomic mass is 10.1. The van der Waals surface area contributed by atoms with E-state index in [0.717, 1.165) is 17.7 Å². The second-order valence-electron chi connectivity index (χ2n) is 4.51. The third kappa shape index (κ3) is 4.59. The summed E-state index contributed by atoms with van der Waals surface area (Å²) in [7, 11) is 0. The van der Waals surface area contributed by atoms with Gasteiger partial charge in [-0.2, -0.15) is 13.2 Å². The van der Waals surface area contributed by atoms with E-state index in [1.807, 2.05) is 0 Å². The van der Waals surface area contributed by atoms with Gasteiger partial charge in [-0.1, -0.05) is 18.2 Å². The lowest BCUT2D eigenvalue weighted by molar-refractivity contribution is -0.137. The second-order valence-corrected chi connectivity index (χ2v) is 4.51. The van der Waals surface area contributed by atoms with Gasteiger partial charge in [-0.25, -0.2) is 0 Å². The number of carbonyl (C=O) groups excluding carboxylic acids is 1. The second kappa shape index (κ2) is 6.39. The van der Waals surface area contributed by atoms with Crippen LogP contribution < -0.4 is 5.32 Å². The van der Waals surface area contributed by atoms with Crippen LogP contribution in [-0.4, -0.2) is 10.9 Å². The summed E-state index contributed by atoms with van der Waals surface area (Å²) in [6.45, 7) is 0.320. The summed E-state index contributed by atoms with van der Waals surface area (Å²) < 4.78 is 37.7. The van der Waals surface area contributed by atoms with E-state index in [1.54, 1.807) is 24.5 Å². The third-order valence-electron chi connectivity index (χ3n) is 2.86. The van der Waals surface area contributed by atoms with Gasteiger partial charge in [-0.3, -0.25) is 9.78 Å². The normalized spacial score (nSPS) is 11.2. The van der Waals surface area contributed by atoms with E-state index < -0.39 is 11.7 Å². The molecule has 1 amide bonds. The van der Waals surface area contributed by atoms with Crippen molar-refractivity contribution in [3.63, 3.8) is 0 Å². The third-order valence-corrected chi connectivity index (χ3v) is 2.86. The molecular formula is C15H13F3N2O. The number of amides is 1. The molecule has 0 saturated heterocycles.